The molecule has 0 saturated carbocycles. The predicted molar refractivity (Wildman–Crippen MR) is 66.1 cm³/mol. The molecule has 4 nitrogen and oxygen atoms in total. The van der Waals surface area contributed by atoms with E-state index in [2.05, 4.69) is 17.1 Å². The highest BCUT2D eigenvalue weighted by molar-refractivity contribution is 5.81. The van der Waals surface area contributed by atoms with Crippen molar-refractivity contribution in [3.63, 3.8) is 0 Å². The third kappa shape index (κ3) is 3.46. The van der Waals surface area contributed by atoms with E-state index in [0.29, 0.717) is 12.1 Å². The molecule has 1 aliphatic rings. The summed E-state index contributed by atoms with van der Waals surface area (Å²) in [4.78, 5) is 14.1. The third-order valence-electron chi connectivity index (χ3n) is 3.28. The lowest BCUT2D eigenvalue weighted by molar-refractivity contribution is -0.127. The van der Waals surface area contributed by atoms with Crippen molar-refractivity contribution in [3.8, 4) is 0 Å². The van der Waals surface area contributed by atoms with Crippen LogP contribution in [-0.2, 0) is 4.79 Å². The number of nitrogens with zero attached hydrogens (tertiary/aromatic N) is 1. The van der Waals surface area contributed by atoms with E-state index in [1.807, 2.05) is 20.8 Å². The van der Waals surface area contributed by atoms with Crippen LogP contribution in [0.4, 0.5) is 0 Å². The molecule has 0 bridgehead atoms. The number of likely N-dealkylation sites (tertiary alicyclic amines) is 1. The molecule has 3 unspecified atom stereocenters. The second-order valence-electron chi connectivity index (χ2n) is 5.21. The maximum atomic E-state index is 11.9. The zero-order valence-electron chi connectivity index (χ0n) is 10.9. The van der Waals surface area contributed by atoms with Crippen molar-refractivity contribution in [3.05, 3.63) is 0 Å². The summed E-state index contributed by atoms with van der Waals surface area (Å²) < 4.78 is 0. The van der Waals surface area contributed by atoms with Crippen LogP contribution in [-0.4, -0.2) is 41.5 Å². The van der Waals surface area contributed by atoms with Crippen molar-refractivity contribution in [2.24, 2.45) is 5.73 Å². The quantitative estimate of drug-likeness (QED) is 0.746. The molecule has 16 heavy (non-hydrogen) atoms. The van der Waals surface area contributed by atoms with Gasteiger partial charge in [-0.05, 0) is 40.5 Å². The van der Waals surface area contributed by atoms with Gasteiger partial charge in [0.2, 0.25) is 5.91 Å². The highest BCUT2D eigenvalue weighted by Crippen LogP contribution is 2.18. The number of piperidine rings is 1. The van der Waals surface area contributed by atoms with Crippen LogP contribution in [0.2, 0.25) is 0 Å². The molecule has 0 radical (unpaired) electrons. The molecule has 1 rings (SSSR count). The van der Waals surface area contributed by atoms with Crippen molar-refractivity contribution in [1.29, 1.82) is 0 Å². The van der Waals surface area contributed by atoms with E-state index in [0.717, 1.165) is 19.4 Å². The second-order valence-corrected chi connectivity index (χ2v) is 5.21. The highest BCUT2D eigenvalue weighted by atomic mass is 16.2. The van der Waals surface area contributed by atoms with Gasteiger partial charge in [0.05, 0.1) is 6.04 Å². The Bertz CT molecular complexity index is 242. The van der Waals surface area contributed by atoms with Gasteiger partial charge in [0, 0.05) is 24.7 Å². The predicted octanol–water partition coefficient (Wildman–Crippen LogP) is 0.711. The number of nitrogens with one attached hydrogen (secondary N) is 1. The molecular formula is C12H25N3O. The topological polar surface area (TPSA) is 58.4 Å². The number of nitrogens with two attached hydrogens (primary N) is 1. The summed E-state index contributed by atoms with van der Waals surface area (Å²) in [6.07, 6.45) is 1.98. The Morgan fingerprint density at radius 3 is 2.56 bits per heavy atom. The first-order chi connectivity index (χ1) is 7.41. The molecule has 1 aliphatic heterocycles. The number of amides is 1. The maximum Gasteiger partial charge on any atom is 0.237 e. The summed E-state index contributed by atoms with van der Waals surface area (Å²) in [7, 11) is 0. The van der Waals surface area contributed by atoms with Gasteiger partial charge in [-0.25, -0.2) is 0 Å². The number of hydrogen-bond acceptors (Lipinski definition) is 3. The highest BCUT2D eigenvalue weighted by Gasteiger charge is 2.30. The summed E-state index contributed by atoms with van der Waals surface area (Å²) in [5, 5.41) is 2.96. The first-order valence-electron chi connectivity index (χ1n) is 6.23. The Morgan fingerprint density at radius 1 is 1.44 bits per heavy atom. The van der Waals surface area contributed by atoms with Gasteiger partial charge in [-0.15, -0.1) is 0 Å². The van der Waals surface area contributed by atoms with Crippen molar-refractivity contribution in [1.82, 2.24) is 10.2 Å². The molecule has 0 aromatic heterocycles. The molecule has 3 atom stereocenters. The molecule has 0 aromatic rings. The van der Waals surface area contributed by atoms with Crippen LogP contribution < -0.4 is 11.1 Å². The molecule has 3 N–H and O–H groups in total. The fourth-order valence-electron chi connectivity index (χ4n) is 2.36. The average molecular weight is 227 g/mol. The molecule has 4 heteroatoms. The van der Waals surface area contributed by atoms with Gasteiger partial charge in [0.25, 0.3) is 0 Å². The van der Waals surface area contributed by atoms with Crippen LogP contribution in [0.5, 0.6) is 0 Å². The Hall–Kier alpha value is -0.610. The van der Waals surface area contributed by atoms with Crippen molar-refractivity contribution in [2.75, 3.05) is 6.54 Å². The van der Waals surface area contributed by atoms with Crippen molar-refractivity contribution >= 4 is 5.91 Å². The summed E-state index contributed by atoms with van der Waals surface area (Å²) in [6.45, 7) is 9.03. The van der Waals surface area contributed by atoms with E-state index in [9.17, 15) is 4.79 Å². The Balaban J connectivity index is 2.53. The van der Waals surface area contributed by atoms with Crippen molar-refractivity contribution < 1.29 is 4.79 Å². The van der Waals surface area contributed by atoms with Crippen LogP contribution in [0, 0.1) is 0 Å². The van der Waals surface area contributed by atoms with Gasteiger partial charge in [-0.3, -0.25) is 9.69 Å². The maximum absolute atomic E-state index is 11.9. The number of hydrogen-bond donors (Lipinski definition) is 2. The summed E-state index contributed by atoms with van der Waals surface area (Å²) >= 11 is 0. The number of carbonyl (C=O) groups excluding carboxylic acids is 1. The monoisotopic (exact) mass is 227 g/mol. The van der Waals surface area contributed by atoms with E-state index in [1.54, 1.807) is 0 Å². The van der Waals surface area contributed by atoms with E-state index >= 15 is 0 Å². The molecule has 0 spiro atoms. The summed E-state index contributed by atoms with van der Waals surface area (Å²) in [5.74, 6) is 0.123. The lowest BCUT2D eigenvalue weighted by Crippen LogP contribution is -2.54. The fraction of sp³-hybridized carbons (Fsp3) is 0.917. The molecular weight excluding hydrogens is 202 g/mol. The third-order valence-corrected chi connectivity index (χ3v) is 3.28. The average Bonchev–Trinajstić information content (AvgIpc) is 2.15. The van der Waals surface area contributed by atoms with Crippen LogP contribution in [0.3, 0.4) is 0 Å². The molecule has 1 fully saturated rings. The van der Waals surface area contributed by atoms with E-state index in [4.69, 9.17) is 5.73 Å². The van der Waals surface area contributed by atoms with E-state index in [1.165, 1.54) is 0 Å². The first kappa shape index (κ1) is 13.5. The lowest BCUT2D eigenvalue weighted by atomic mass is 9.97. The fourth-order valence-corrected chi connectivity index (χ4v) is 2.36. The molecule has 1 saturated heterocycles. The second kappa shape index (κ2) is 5.64. The zero-order chi connectivity index (χ0) is 12.3. The van der Waals surface area contributed by atoms with E-state index < -0.39 is 0 Å². The van der Waals surface area contributed by atoms with Crippen LogP contribution in [0.25, 0.3) is 0 Å². The Kier molecular flexibility index (Phi) is 4.74. The molecule has 1 amide bonds. The van der Waals surface area contributed by atoms with E-state index in [-0.39, 0.29) is 18.0 Å². The zero-order valence-corrected chi connectivity index (χ0v) is 10.9. The van der Waals surface area contributed by atoms with Crippen molar-refractivity contribution in [2.45, 2.75) is 64.7 Å². The van der Waals surface area contributed by atoms with Crippen LogP contribution in [0.15, 0.2) is 0 Å². The minimum Gasteiger partial charge on any atom is -0.353 e. The number of carbonyl (C=O) groups is 1. The summed E-state index contributed by atoms with van der Waals surface area (Å²) in [5.41, 5.74) is 5.92. The van der Waals surface area contributed by atoms with Gasteiger partial charge < -0.3 is 11.1 Å². The Morgan fingerprint density at radius 2 is 2.06 bits per heavy atom. The Labute approximate surface area is 98.6 Å². The minimum absolute atomic E-state index is 0.0510. The summed E-state index contributed by atoms with van der Waals surface area (Å²) in [6, 6.07) is 0.852. The minimum atomic E-state index is -0.0510. The van der Waals surface area contributed by atoms with Gasteiger partial charge >= 0.3 is 0 Å². The van der Waals surface area contributed by atoms with Gasteiger partial charge in [0.15, 0.2) is 0 Å². The number of rotatable bonds is 3. The van der Waals surface area contributed by atoms with Crippen LogP contribution >= 0.6 is 0 Å². The normalized spacial score (nSPS) is 29.1. The molecule has 94 valence electrons. The molecule has 0 aliphatic carbocycles. The van der Waals surface area contributed by atoms with Crippen LogP contribution in [0.1, 0.15) is 40.5 Å². The van der Waals surface area contributed by atoms with Gasteiger partial charge in [-0.2, -0.15) is 0 Å². The smallest absolute Gasteiger partial charge is 0.237 e. The standard InChI is InChI=1S/C12H25N3O/c1-8(2)14-12(16)10(4)15-6-5-11(13)7-9(15)3/h8-11H,5-7,13H2,1-4H3,(H,14,16). The molecule has 1 heterocycles. The molecule has 0 aromatic carbocycles. The van der Waals surface area contributed by atoms with Gasteiger partial charge in [0.1, 0.15) is 0 Å². The lowest BCUT2D eigenvalue weighted by Gasteiger charge is -2.39. The largest absolute Gasteiger partial charge is 0.353 e. The van der Waals surface area contributed by atoms with Gasteiger partial charge in [-0.1, -0.05) is 0 Å². The first-order valence-corrected chi connectivity index (χ1v) is 6.23. The SMILES string of the molecule is CC(C)NC(=O)C(C)N1CCC(N)CC1C.